The highest BCUT2D eigenvalue weighted by Crippen LogP contribution is 2.34. The highest BCUT2D eigenvalue weighted by atomic mass is 32.2. The zero-order chi connectivity index (χ0) is 15.8. The van der Waals surface area contributed by atoms with Gasteiger partial charge in [-0.15, -0.1) is 0 Å². The number of fused-ring (bicyclic) bond motifs is 1. The van der Waals surface area contributed by atoms with E-state index in [1.165, 1.54) is 6.07 Å². The van der Waals surface area contributed by atoms with Gasteiger partial charge >= 0.3 is 6.61 Å². The van der Waals surface area contributed by atoms with E-state index in [1.807, 2.05) is 0 Å². The monoisotopic (exact) mass is 319 g/mol. The maximum atomic E-state index is 13.6. The summed E-state index contributed by atoms with van der Waals surface area (Å²) in [4.78, 5) is 0. The topological polar surface area (TPSA) is 38.7 Å². The van der Waals surface area contributed by atoms with Crippen molar-refractivity contribution in [2.45, 2.75) is 45.0 Å². The zero-order valence-corrected chi connectivity index (χ0v) is 12.8. The van der Waals surface area contributed by atoms with Crippen molar-refractivity contribution in [3.8, 4) is 5.75 Å². The maximum Gasteiger partial charge on any atom is 0.387 e. The molecule has 1 unspecified atom stereocenters. The first kappa shape index (κ1) is 16.0. The van der Waals surface area contributed by atoms with Gasteiger partial charge in [0.2, 0.25) is 0 Å². The molecule has 0 heterocycles. The van der Waals surface area contributed by atoms with Gasteiger partial charge in [0.15, 0.2) is 11.6 Å². The van der Waals surface area contributed by atoms with Crippen LogP contribution in [0.5, 0.6) is 5.75 Å². The molecule has 0 amide bonds. The van der Waals surface area contributed by atoms with Gasteiger partial charge in [-0.05, 0) is 45.7 Å². The van der Waals surface area contributed by atoms with E-state index in [-0.39, 0.29) is 0 Å². The standard InChI is InChI=1S/C14H16F3NO2S/c1-14(2,3)21(19)18-11-7-5-9-8(11)4-6-10(15)12(9)20-13(16)17/h4,6,13H,5,7H2,1-3H3. The molecule has 1 atom stereocenters. The van der Waals surface area contributed by atoms with Crippen molar-refractivity contribution in [2.75, 3.05) is 0 Å². The van der Waals surface area contributed by atoms with Gasteiger partial charge in [0, 0.05) is 11.1 Å². The van der Waals surface area contributed by atoms with E-state index in [2.05, 4.69) is 9.13 Å². The number of hydrogen-bond acceptors (Lipinski definition) is 2. The first-order chi connectivity index (χ1) is 9.70. The van der Waals surface area contributed by atoms with E-state index >= 15 is 0 Å². The Kier molecular flexibility index (Phi) is 4.41. The van der Waals surface area contributed by atoms with Crippen LogP contribution in [0.2, 0.25) is 0 Å². The second-order valence-electron chi connectivity index (χ2n) is 5.68. The first-order valence-corrected chi connectivity index (χ1v) is 7.57. The average Bonchev–Trinajstić information content (AvgIpc) is 2.75. The molecule has 0 saturated heterocycles. The minimum Gasteiger partial charge on any atom is -0.431 e. The molecule has 0 spiro atoms. The van der Waals surface area contributed by atoms with E-state index in [9.17, 15) is 17.4 Å². The van der Waals surface area contributed by atoms with Crippen LogP contribution in [-0.4, -0.2) is 21.3 Å². The third kappa shape index (κ3) is 3.45. The Morgan fingerprint density at radius 3 is 2.52 bits per heavy atom. The number of halogens is 3. The van der Waals surface area contributed by atoms with Crippen LogP contribution in [0.3, 0.4) is 0 Å². The number of benzene rings is 1. The lowest BCUT2D eigenvalue weighted by Crippen LogP contribution is -2.20. The quantitative estimate of drug-likeness (QED) is 0.853. The van der Waals surface area contributed by atoms with E-state index in [0.29, 0.717) is 29.7 Å². The molecule has 0 N–H and O–H groups in total. The second kappa shape index (κ2) is 5.79. The van der Waals surface area contributed by atoms with Gasteiger partial charge in [-0.2, -0.15) is 13.2 Å². The van der Waals surface area contributed by atoms with Crippen molar-refractivity contribution in [3.63, 3.8) is 0 Å². The van der Waals surface area contributed by atoms with Crippen LogP contribution in [0.25, 0.3) is 0 Å². The molecular formula is C14H16F3NO2S. The summed E-state index contributed by atoms with van der Waals surface area (Å²) >= 11 is 0. The predicted molar refractivity (Wildman–Crippen MR) is 75.8 cm³/mol. The van der Waals surface area contributed by atoms with Crippen LogP contribution < -0.4 is 4.74 Å². The fraction of sp³-hybridized carbons (Fsp3) is 0.500. The lowest BCUT2D eigenvalue weighted by Gasteiger charge is -2.14. The number of alkyl halides is 2. The largest absolute Gasteiger partial charge is 0.431 e. The summed E-state index contributed by atoms with van der Waals surface area (Å²) < 4.78 is 58.3. The van der Waals surface area contributed by atoms with Gasteiger partial charge in [-0.1, -0.05) is 0 Å². The van der Waals surface area contributed by atoms with E-state index in [1.54, 1.807) is 20.8 Å². The van der Waals surface area contributed by atoms with Crippen molar-refractivity contribution in [1.82, 2.24) is 0 Å². The minimum atomic E-state index is -3.09. The molecule has 2 rings (SSSR count). The fourth-order valence-electron chi connectivity index (χ4n) is 2.04. The van der Waals surface area contributed by atoms with Crippen LogP contribution in [0.15, 0.2) is 16.5 Å². The SMILES string of the molecule is CC(C)(C)S(=O)N=C1CCc2c1ccc(F)c2OC(F)F. The second-order valence-corrected chi connectivity index (χ2v) is 7.59. The first-order valence-electron chi connectivity index (χ1n) is 6.46. The summed E-state index contributed by atoms with van der Waals surface area (Å²) in [6.07, 6.45) is 0.773. The Bertz CT molecular complexity index is 609. The van der Waals surface area contributed by atoms with Gasteiger partial charge in [-0.25, -0.2) is 8.60 Å². The highest BCUT2D eigenvalue weighted by molar-refractivity contribution is 7.85. The number of rotatable bonds is 3. The van der Waals surface area contributed by atoms with Crippen LogP contribution in [-0.2, 0) is 17.4 Å². The van der Waals surface area contributed by atoms with E-state index < -0.39 is 33.9 Å². The predicted octanol–water partition coefficient (Wildman–Crippen LogP) is 3.62. The number of ether oxygens (including phenoxy) is 1. The summed E-state index contributed by atoms with van der Waals surface area (Å²) in [6.45, 7) is 2.28. The lowest BCUT2D eigenvalue weighted by atomic mass is 10.1. The molecule has 116 valence electrons. The molecule has 1 aliphatic rings. The van der Waals surface area contributed by atoms with E-state index in [0.717, 1.165) is 6.07 Å². The Morgan fingerprint density at radius 1 is 1.29 bits per heavy atom. The molecule has 3 nitrogen and oxygen atoms in total. The van der Waals surface area contributed by atoms with Crippen molar-refractivity contribution in [2.24, 2.45) is 4.40 Å². The fourth-order valence-corrected chi connectivity index (χ4v) is 2.71. The molecule has 0 bridgehead atoms. The molecular weight excluding hydrogens is 303 g/mol. The number of hydrogen-bond donors (Lipinski definition) is 0. The van der Waals surface area contributed by atoms with Crippen molar-refractivity contribution in [3.05, 3.63) is 29.1 Å². The molecule has 0 aliphatic heterocycles. The third-order valence-corrected chi connectivity index (χ3v) is 4.49. The molecule has 1 aliphatic carbocycles. The lowest BCUT2D eigenvalue weighted by molar-refractivity contribution is -0.0527. The van der Waals surface area contributed by atoms with Gasteiger partial charge in [0.05, 0.1) is 10.5 Å². The smallest absolute Gasteiger partial charge is 0.387 e. The Morgan fingerprint density at radius 2 is 1.95 bits per heavy atom. The van der Waals surface area contributed by atoms with Crippen LogP contribution in [0, 0.1) is 5.82 Å². The zero-order valence-electron chi connectivity index (χ0n) is 12.0. The van der Waals surface area contributed by atoms with Crippen LogP contribution in [0.1, 0.15) is 38.3 Å². The Balaban J connectivity index is 2.42. The molecule has 0 radical (unpaired) electrons. The minimum absolute atomic E-state index is 0.343. The highest BCUT2D eigenvalue weighted by Gasteiger charge is 2.28. The molecule has 0 fully saturated rings. The molecule has 1 aromatic carbocycles. The number of nitrogens with zero attached hydrogens (tertiary/aromatic N) is 1. The summed E-state index contributed by atoms with van der Waals surface area (Å²) in [5, 5.41) is 0. The summed E-state index contributed by atoms with van der Waals surface area (Å²) in [6, 6.07) is 2.53. The van der Waals surface area contributed by atoms with E-state index in [4.69, 9.17) is 0 Å². The molecule has 0 saturated carbocycles. The Labute approximate surface area is 123 Å². The summed E-state index contributed by atoms with van der Waals surface area (Å²) in [5.41, 5.74) is 1.43. The van der Waals surface area contributed by atoms with Crippen molar-refractivity contribution < 1.29 is 22.1 Å². The molecule has 21 heavy (non-hydrogen) atoms. The molecule has 7 heteroatoms. The van der Waals surface area contributed by atoms with Gasteiger partial charge < -0.3 is 4.74 Å². The third-order valence-electron chi connectivity index (χ3n) is 3.06. The van der Waals surface area contributed by atoms with Gasteiger partial charge in [-0.3, -0.25) is 0 Å². The molecule has 1 aromatic rings. The summed E-state index contributed by atoms with van der Waals surface area (Å²) in [7, 11) is -1.45. The maximum absolute atomic E-state index is 13.6. The Hall–Kier alpha value is -1.37. The summed E-state index contributed by atoms with van der Waals surface area (Å²) in [5.74, 6) is -1.26. The van der Waals surface area contributed by atoms with Crippen molar-refractivity contribution >= 4 is 16.7 Å². The van der Waals surface area contributed by atoms with Crippen LogP contribution >= 0.6 is 0 Å². The van der Waals surface area contributed by atoms with Crippen LogP contribution in [0.4, 0.5) is 13.2 Å². The normalized spacial score (nSPS) is 18.1. The van der Waals surface area contributed by atoms with Gasteiger partial charge in [0.25, 0.3) is 0 Å². The van der Waals surface area contributed by atoms with Gasteiger partial charge in [0.1, 0.15) is 11.0 Å². The average molecular weight is 319 g/mol. The molecule has 0 aromatic heterocycles. The van der Waals surface area contributed by atoms with Crippen molar-refractivity contribution in [1.29, 1.82) is 0 Å².